The van der Waals surface area contributed by atoms with Gasteiger partial charge in [-0.2, -0.15) is 0 Å². The van der Waals surface area contributed by atoms with Crippen LogP contribution in [0, 0.1) is 6.92 Å². The molecule has 0 fully saturated rings. The van der Waals surface area contributed by atoms with Gasteiger partial charge in [0.25, 0.3) is 0 Å². The highest BCUT2D eigenvalue weighted by Gasteiger charge is 2.20. The molecule has 0 saturated carbocycles. The number of benzene rings is 2. The predicted octanol–water partition coefficient (Wildman–Crippen LogP) is 3.56. The first-order valence-corrected chi connectivity index (χ1v) is 8.26. The molecule has 5 heteroatoms. The van der Waals surface area contributed by atoms with Crippen LogP contribution in [-0.4, -0.2) is 25.5 Å². The van der Waals surface area contributed by atoms with E-state index in [4.69, 9.17) is 4.74 Å². The van der Waals surface area contributed by atoms with Gasteiger partial charge in [-0.05, 0) is 36.6 Å². The fourth-order valence-corrected chi connectivity index (χ4v) is 2.78. The molecule has 0 aromatic heterocycles. The Labute approximate surface area is 148 Å². The number of carbonyl (C=O) groups excluding carboxylic acids is 2. The second-order valence-electron chi connectivity index (χ2n) is 5.82. The van der Waals surface area contributed by atoms with Crippen LogP contribution >= 0.6 is 0 Å². The number of hydrogen-bond donors (Lipinski definition) is 1. The van der Waals surface area contributed by atoms with Gasteiger partial charge in [0.1, 0.15) is 12.3 Å². The number of rotatable bonds is 6. The number of para-hydroxylation sites is 1. The lowest BCUT2D eigenvalue weighted by Gasteiger charge is -2.25. The van der Waals surface area contributed by atoms with Crippen LogP contribution in [0.5, 0.6) is 5.75 Å². The summed E-state index contributed by atoms with van der Waals surface area (Å²) in [5, 5.41) is 2.82. The summed E-state index contributed by atoms with van der Waals surface area (Å²) in [7, 11) is 1.57. The summed E-state index contributed by atoms with van der Waals surface area (Å²) in [4.78, 5) is 26.2. The fourth-order valence-electron chi connectivity index (χ4n) is 2.78. The van der Waals surface area contributed by atoms with E-state index in [9.17, 15) is 9.59 Å². The van der Waals surface area contributed by atoms with Crippen molar-refractivity contribution in [1.29, 1.82) is 0 Å². The highest BCUT2D eigenvalue weighted by Crippen LogP contribution is 2.26. The number of nitrogens with one attached hydrogen (secondary N) is 1. The zero-order valence-electron chi connectivity index (χ0n) is 15.1. The van der Waals surface area contributed by atoms with Crippen molar-refractivity contribution in [3.8, 4) is 5.75 Å². The molecule has 2 rings (SSSR count). The lowest BCUT2D eigenvalue weighted by Crippen LogP contribution is -2.37. The molecule has 0 radical (unpaired) electrons. The van der Waals surface area contributed by atoms with E-state index in [0.717, 1.165) is 23.2 Å². The number of ether oxygens (including phenoxy) is 1. The fraction of sp³-hybridized carbons (Fsp3) is 0.300. The van der Waals surface area contributed by atoms with E-state index in [1.165, 1.54) is 11.8 Å². The molecule has 0 aliphatic heterocycles. The number of amides is 2. The average Bonchev–Trinajstić information content (AvgIpc) is 2.59. The van der Waals surface area contributed by atoms with Gasteiger partial charge >= 0.3 is 0 Å². The van der Waals surface area contributed by atoms with Crippen LogP contribution in [-0.2, 0) is 16.0 Å². The monoisotopic (exact) mass is 340 g/mol. The van der Waals surface area contributed by atoms with Gasteiger partial charge in [-0.25, -0.2) is 0 Å². The Kier molecular flexibility index (Phi) is 6.17. The van der Waals surface area contributed by atoms with Crippen molar-refractivity contribution in [3.63, 3.8) is 0 Å². The maximum Gasteiger partial charge on any atom is 0.244 e. The van der Waals surface area contributed by atoms with Gasteiger partial charge in [0.2, 0.25) is 11.8 Å². The molecular formula is C20H24N2O3. The molecule has 0 heterocycles. The van der Waals surface area contributed by atoms with Crippen molar-refractivity contribution < 1.29 is 14.3 Å². The maximum atomic E-state index is 12.5. The van der Waals surface area contributed by atoms with Gasteiger partial charge in [0.05, 0.1) is 12.8 Å². The normalized spacial score (nSPS) is 10.2. The molecule has 2 aromatic rings. The molecule has 0 saturated heterocycles. The first-order chi connectivity index (χ1) is 12.0. The van der Waals surface area contributed by atoms with Crippen molar-refractivity contribution >= 4 is 23.2 Å². The van der Waals surface area contributed by atoms with E-state index in [1.807, 2.05) is 32.0 Å². The maximum absolute atomic E-state index is 12.5. The Morgan fingerprint density at radius 2 is 1.88 bits per heavy atom. The van der Waals surface area contributed by atoms with E-state index in [-0.39, 0.29) is 18.4 Å². The van der Waals surface area contributed by atoms with Crippen LogP contribution in [0.3, 0.4) is 0 Å². The summed E-state index contributed by atoms with van der Waals surface area (Å²) in [5.74, 6) is 0.243. The minimum Gasteiger partial charge on any atom is -0.497 e. The van der Waals surface area contributed by atoms with Gasteiger partial charge in [0.15, 0.2) is 0 Å². The Balaban J connectivity index is 2.22. The molecule has 1 N–H and O–H groups in total. The van der Waals surface area contributed by atoms with E-state index < -0.39 is 0 Å². The number of aryl methyl sites for hydroxylation is 2. The largest absolute Gasteiger partial charge is 0.497 e. The quantitative estimate of drug-likeness (QED) is 0.875. The lowest BCUT2D eigenvalue weighted by molar-refractivity contribution is -0.120. The van der Waals surface area contributed by atoms with E-state index in [1.54, 1.807) is 31.4 Å². The number of nitrogens with zero attached hydrogens (tertiary/aromatic N) is 1. The third kappa shape index (κ3) is 4.59. The third-order valence-corrected chi connectivity index (χ3v) is 4.01. The number of anilines is 2. The van der Waals surface area contributed by atoms with Gasteiger partial charge in [-0.15, -0.1) is 0 Å². The van der Waals surface area contributed by atoms with Crippen LogP contribution < -0.4 is 15.0 Å². The second-order valence-corrected chi connectivity index (χ2v) is 5.82. The van der Waals surface area contributed by atoms with Crippen LogP contribution in [0.15, 0.2) is 42.5 Å². The topological polar surface area (TPSA) is 58.6 Å². The first-order valence-electron chi connectivity index (χ1n) is 8.26. The summed E-state index contributed by atoms with van der Waals surface area (Å²) in [5.41, 5.74) is 3.47. The SMILES string of the molecule is CCc1cccc(C)c1N(CC(=O)Nc1cccc(OC)c1)C(C)=O. The van der Waals surface area contributed by atoms with Gasteiger partial charge in [-0.1, -0.05) is 31.2 Å². The molecule has 0 aliphatic rings. The van der Waals surface area contributed by atoms with Gasteiger partial charge < -0.3 is 15.0 Å². The smallest absolute Gasteiger partial charge is 0.244 e. The molecule has 132 valence electrons. The average molecular weight is 340 g/mol. The second kappa shape index (κ2) is 8.33. The molecule has 25 heavy (non-hydrogen) atoms. The summed E-state index contributed by atoms with van der Waals surface area (Å²) in [6.07, 6.45) is 0.790. The van der Waals surface area contributed by atoms with Crippen molar-refractivity contribution in [3.05, 3.63) is 53.6 Å². The van der Waals surface area contributed by atoms with Crippen LogP contribution in [0.25, 0.3) is 0 Å². The van der Waals surface area contributed by atoms with Crippen molar-refractivity contribution in [2.75, 3.05) is 23.9 Å². The first kappa shape index (κ1) is 18.5. The van der Waals surface area contributed by atoms with E-state index >= 15 is 0 Å². The summed E-state index contributed by atoms with van der Waals surface area (Å²) < 4.78 is 5.16. The number of carbonyl (C=O) groups is 2. The molecule has 0 bridgehead atoms. The Morgan fingerprint density at radius 1 is 1.16 bits per heavy atom. The molecular weight excluding hydrogens is 316 g/mol. The summed E-state index contributed by atoms with van der Waals surface area (Å²) >= 11 is 0. The Hall–Kier alpha value is -2.82. The van der Waals surface area contributed by atoms with E-state index in [0.29, 0.717) is 11.4 Å². The predicted molar refractivity (Wildman–Crippen MR) is 100 cm³/mol. The van der Waals surface area contributed by atoms with Gasteiger partial charge in [-0.3, -0.25) is 9.59 Å². The zero-order valence-corrected chi connectivity index (χ0v) is 15.1. The third-order valence-electron chi connectivity index (χ3n) is 4.01. The number of hydrogen-bond acceptors (Lipinski definition) is 3. The lowest BCUT2D eigenvalue weighted by atomic mass is 10.0. The molecule has 0 spiro atoms. The highest BCUT2D eigenvalue weighted by atomic mass is 16.5. The van der Waals surface area contributed by atoms with Crippen LogP contribution in [0.2, 0.25) is 0 Å². The van der Waals surface area contributed by atoms with E-state index in [2.05, 4.69) is 5.32 Å². The van der Waals surface area contributed by atoms with Crippen LogP contribution in [0.1, 0.15) is 25.0 Å². The summed E-state index contributed by atoms with van der Waals surface area (Å²) in [6.45, 7) is 5.42. The Bertz CT molecular complexity index is 771. The molecule has 0 atom stereocenters. The molecule has 2 aromatic carbocycles. The van der Waals surface area contributed by atoms with Gasteiger partial charge in [0, 0.05) is 18.7 Å². The van der Waals surface area contributed by atoms with Crippen LogP contribution in [0.4, 0.5) is 11.4 Å². The minimum atomic E-state index is -0.256. The number of methoxy groups -OCH3 is 1. The highest BCUT2D eigenvalue weighted by molar-refractivity contribution is 6.02. The standard InChI is InChI=1S/C20H24N2O3/c1-5-16-9-6-8-14(2)20(16)22(15(3)23)13-19(24)21-17-10-7-11-18(12-17)25-4/h6-12H,5,13H2,1-4H3,(H,21,24). The minimum absolute atomic E-state index is 0.0373. The Morgan fingerprint density at radius 3 is 2.52 bits per heavy atom. The molecule has 2 amide bonds. The molecule has 0 unspecified atom stereocenters. The van der Waals surface area contributed by atoms with Crippen molar-refractivity contribution in [2.24, 2.45) is 0 Å². The summed E-state index contributed by atoms with van der Waals surface area (Å²) in [6, 6.07) is 13.0. The van der Waals surface area contributed by atoms with Crippen molar-refractivity contribution in [2.45, 2.75) is 27.2 Å². The molecule has 5 nitrogen and oxygen atoms in total. The molecule has 0 aliphatic carbocycles. The van der Waals surface area contributed by atoms with Crippen molar-refractivity contribution in [1.82, 2.24) is 0 Å². The zero-order chi connectivity index (χ0) is 18.4.